The molecule has 28 heavy (non-hydrogen) atoms. The highest BCUT2D eigenvalue weighted by Crippen LogP contribution is 2.17. The third-order valence-electron chi connectivity index (χ3n) is 5.19. The minimum atomic E-state index is 0.00774. The largest absolute Gasteiger partial charge is 0.361 e. The Morgan fingerprint density at radius 2 is 1.96 bits per heavy atom. The second kappa shape index (κ2) is 7.88. The zero-order chi connectivity index (χ0) is 19.5. The van der Waals surface area contributed by atoms with Crippen LogP contribution in [0.2, 0.25) is 0 Å². The first kappa shape index (κ1) is 18.3. The van der Waals surface area contributed by atoms with E-state index < -0.39 is 0 Å². The highest BCUT2D eigenvalue weighted by atomic mass is 16.2. The molecule has 0 radical (unpaired) electrons. The quantitative estimate of drug-likeness (QED) is 0.732. The van der Waals surface area contributed by atoms with E-state index in [4.69, 9.17) is 0 Å². The monoisotopic (exact) mass is 378 g/mol. The average molecular weight is 378 g/mol. The summed E-state index contributed by atoms with van der Waals surface area (Å²) in [6, 6.07) is 10.3. The number of aryl methyl sites for hydroxylation is 2. The zero-order valence-corrected chi connectivity index (χ0v) is 16.4. The van der Waals surface area contributed by atoms with Crippen molar-refractivity contribution in [2.45, 2.75) is 20.3 Å². The summed E-state index contributed by atoms with van der Waals surface area (Å²) in [6.07, 6.45) is 2.76. The summed E-state index contributed by atoms with van der Waals surface area (Å²) in [6.45, 7) is 7.47. The molecule has 2 amide bonds. The molecule has 1 saturated heterocycles. The van der Waals surface area contributed by atoms with Gasteiger partial charge in [-0.15, -0.1) is 0 Å². The number of H-pyrrole nitrogens is 1. The van der Waals surface area contributed by atoms with Crippen molar-refractivity contribution in [3.8, 4) is 0 Å². The van der Waals surface area contributed by atoms with E-state index in [2.05, 4.69) is 49.4 Å². The predicted octanol–water partition coefficient (Wildman–Crippen LogP) is 2.65. The van der Waals surface area contributed by atoms with Crippen LogP contribution in [-0.2, 0) is 6.42 Å². The summed E-state index contributed by atoms with van der Waals surface area (Å²) in [4.78, 5) is 28.8. The van der Waals surface area contributed by atoms with Crippen LogP contribution in [0.25, 0.3) is 10.9 Å². The first-order valence-corrected chi connectivity index (χ1v) is 9.75. The molecule has 1 aromatic carbocycles. The Morgan fingerprint density at radius 3 is 2.75 bits per heavy atom. The number of benzene rings is 1. The maximum atomic E-state index is 12.5. The number of aromatic amines is 1. The molecule has 1 aliphatic heterocycles. The Labute approximate surface area is 164 Å². The van der Waals surface area contributed by atoms with Gasteiger partial charge in [-0.3, -0.25) is 0 Å². The molecule has 7 nitrogen and oxygen atoms in total. The van der Waals surface area contributed by atoms with Crippen LogP contribution in [0.15, 0.2) is 36.5 Å². The summed E-state index contributed by atoms with van der Waals surface area (Å²) in [5, 5.41) is 4.26. The van der Waals surface area contributed by atoms with Gasteiger partial charge in [-0.1, -0.05) is 18.2 Å². The fourth-order valence-corrected chi connectivity index (χ4v) is 3.77. The smallest absolute Gasteiger partial charge is 0.317 e. The number of urea groups is 1. The van der Waals surface area contributed by atoms with Gasteiger partial charge < -0.3 is 20.1 Å². The van der Waals surface area contributed by atoms with Gasteiger partial charge in [-0.05, 0) is 37.3 Å². The zero-order valence-electron chi connectivity index (χ0n) is 16.4. The fraction of sp³-hybridized carbons (Fsp3) is 0.381. The van der Waals surface area contributed by atoms with E-state index in [1.54, 1.807) is 0 Å². The predicted molar refractivity (Wildman–Crippen MR) is 111 cm³/mol. The lowest BCUT2D eigenvalue weighted by atomic mass is 10.1. The molecule has 2 aromatic heterocycles. The highest BCUT2D eigenvalue weighted by Gasteiger charge is 2.22. The molecule has 0 atom stereocenters. The number of nitrogens with zero attached hydrogens (tertiary/aromatic N) is 4. The molecule has 2 N–H and O–H groups in total. The van der Waals surface area contributed by atoms with Gasteiger partial charge in [0, 0.05) is 56.2 Å². The lowest BCUT2D eigenvalue weighted by molar-refractivity contribution is 0.194. The van der Waals surface area contributed by atoms with E-state index >= 15 is 0 Å². The van der Waals surface area contributed by atoms with Crippen LogP contribution in [-0.4, -0.2) is 58.6 Å². The molecule has 7 heteroatoms. The number of anilines is 1. The standard InChI is InChI=1S/C21H26N6O/c1-15-14-19(25-16(2)24-15)26-10-12-27(13-11-26)21(28)23-9-7-18-5-3-4-17-6-8-22-20(17)18/h3-6,8,14,22H,7,9-13H2,1-2H3,(H,23,28). The van der Waals surface area contributed by atoms with Crippen molar-refractivity contribution in [3.05, 3.63) is 53.6 Å². The van der Waals surface area contributed by atoms with Crippen molar-refractivity contribution in [2.24, 2.45) is 0 Å². The molecule has 0 aliphatic carbocycles. The minimum absolute atomic E-state index is 0.00774. The molecular weight excluding hydrogens is 352 g/mol. The molecule has 4 rings (SSSR count). The van der Waals surface area contributed by atoms with Gasteiger partial charge in [-0.25, -0.2) is 14.8 Å². The number of piperazine rings is 1. The minimum Gasteiger partial charge on any atom is -0.361 e. The van der Waals surface area contributed by atoms with E-state index in [0.717, 1.165) is 42.4 Å². The van der Waals surface area contributed by atoms with Gasteiger partial charge >= 0.3 is 6.03 Å². The van der Waals surface area contributed by atoms with Crippen molar-refractivity contribution in [3.63, 3.8) is 0 Å². The topological polar surface area (TPSA) is 77.1 Å². The summed E-state index contributed by atoms with van der Waals surface area (Å²) < 4.78 is 0. The molecule has 1 fully saturated rings. The van der Waals surface area contributed by atoms with Crippen molar-refractivity contribution >= 4 is 22.8 Å². The van der Waals surface area contributed by atoms with Crippen molar-refractivity contribution in [1.29, 1.82) is 0 Å². The van der Waals surface area contributed by atoms with Crippen LogP contribution < -0.4 is 10.2 Å². The van der Waals surface area contributed by atoms with Crippen LogP contribution in [0.1, 0.15) is 17.1 Å². The number of nitrogens with one attached hydrogen (secondary N) is 2. The van der Waals surface area contributed by atoms with Crippen molar-refractivity contribution in [2.75, 3.05) is 37.6 Å². The lowest BCUT2D eigenvalue weighted by Gasteiger charge is -2.35. The first-order chi connectivity index (χ1) is 13.6. The number of para-hydroxylation sites is 1. The molecule has 1 aliphatic rings. The number of hydrogen-bond acceptors (Lipinski definition) is 4. The SMILES string of the molecule is Cc1cc(N2CCN(C(=O)NCCc3cccc4cc[nH]c34)CC2)nc(C)n1. The average Bonchev–Trinajstić information content (AvgIpc) is 3.17. The fourth-order valence-electron chi connectivity index (χ4n) is 3.77. The van der Waals surface area contributed by atoms with Crippen molar-refractivity contribution in [1.82, 2.24) is 25.2 Å². The number of fused-ring (bicyclic) bond motifs is 1. The summed E-state index contributed by atoms with van der Waals surface area (Å²) in [5.74, 6) is 1.73. The van der Waals surface area contributed by atoms with Crippen LogP contribution in [0.5, 0.6) is 0 Å². The Kier molecular flexibility index (Phi) is 5.14. The van der Waals surface area contributed by atoms with Gasteiger partial charge in [0.15, 0.2) is 0 Å². The van der Waals surface area contributed by atoms with Gasteiger partial charge in [-0.2, -0.15) is 0 Å². The van der Waals surface area contributed by atoms with E-state index in [9.17, 15) is 4.79 Å². The third kappa shape index (κ3) is 3.93. The van der Waals surface area contributed by atoms with Crippen LogP contribution in [0, 0.1) is 13.8 Å². The Balaban J connectivity index is 1.28. The number of carbonyl (C=O) groups is 1. The van der Waals surface area contributed by atoms with E-state index in [0.29, 0.717) is 19.6 Å². The lowest BCUT2D eigenvalue weighted by Crippen LogP contribution is -2.52. The molecule has 3 aromatic rings. The van der Waals surface area contributed by atoms with E-state index in [-0.39, 0.29) is 6.03 Å². The summed E-state index contributed by atoms with van der Waals surface area (Å²) >= 11 is 0. The third-order valence-corrected chi connectivity index (χ3v) is 5.19. The molecule has 3 heterocycles. The molecule has 0 saturated carbocycles. The number of carbonyl (C=O) groups excluding carboxylic acids is 1. The number of rotatable bonds is 4. The highest BCUT2D eigenvalue weighted by molar-refractivity contribution is 5.82. The Hall–Kier alpha value is -3.09. The van der Waals surface area contributed by atoms with Crippen LogP contribution in [0.3, 0.4) is 0 Å². The molecule has 0 spiro atoms. The molecular formula is C21H26N6O. The second-order valence-electron chi connectivity index (χ2n) is 7.23. The summed E-state index contributed by atoms with van der Waals surface area (Å²) in [7, 11) is 0. The van der Waals surface area contributed by atoms with Gasteiger partial charge in [0.05, 0.1) is 0 Å². The van der Waals surface area contributed by atoms with Crippen molar-refractivity contribution < 1.29 is 4.79 Å². The van der Waals surface area contributed by atoms with E-state index in [1.165, 1.54) is 10.9 Å². The number of amides is 2. The summed E-state index contributed by atoms with van der Waals surface area (Å²) in [5.41, 5.74) is 3.35. The second-order valence-corrected chi connectivity index (χ2v) is 7.23. The maximum absolute atomic E-state index is 12.5. The Bertz CT molecular complexity index is 954. The van der Waals surface area contributed by atoms with Gasteiger partial charge in [0.25, 0.3) is 0 Å². The van der Waals surface area contributed by atoms with Crippen LogP contribution in [0.4, 0.5) is 10.6 Å². The number of aromatic nitrogens is 3. The van der Waals surface area contributed by atoms with Gasteiger partial charge in [0.1, 0.15) is 11.6 Å². The first-order valence-electron chi connectivity index (χ1n) is 9.75. The Morgan fingerprint density at radius 1 is 1.14 bits per heavy atom. The molecule has 0 unspecified atom stereocenters. The van der Waals surface area contributed by atoms with Crippen LogP contribution >= 0.6 is 0 Å². The maximum Gasteiger partial charge on any atom is 0.317 e. The normalized spacial score (nSPS) is 14.5. The molecule has 146 valence electrons. The number of hydrogen-bond donors (Lipinski definition) is 2. The van der Waals surface area contributed by atoms with Gasteiger partial charge in [0.2, 0.25) is 0 Å². The molecule has 0 bridgehead atoms. The van der Waals surface area contributed by atoms with E-state index in [1.807, 2.05) is 31.0 Å².